The van der Waals surface area contributed by atoms with Crippen molar-refractivity contribution in [2.45, 2.75) is 19.0 Å². The van der Waals surface area contributed by atoms with Crippen LogP contribution in [0, 0.1) is 0 Å². The molecule has 3 aromatic rings. The van der Waals surface area contributed by atoms with Crippen LogP contribution in [0.1, 0.15) is 16.1 Å². The highest BCUT2D eigenvalue weighted by molar-refractivity contribution is 5.95. The van der Waals surface area contributed by atoms with Crippen LogP contribution in [0.2, 0.25) is 0 Å². The van der Waals surface area contributed by atoms with Crippen molar-refractivity contribution < 1.29 is 19.1 Å². The van der Waals surface area contributed by atoms with Crippen LogP contribution in [0.5, 0.6) is 0 Å². The molecule has 152 valence electrons. The number of fused-ring (bicyclic) bond motifs is 1. The fraction of sp³-hybridized carbons (Fsp3) is 0.300. The van der Waals surface area contributed by atoms with Gasteiger partial charge in [0.25, 0.3) is 11.5 Å². The van der Waals surface area contributed by atoms with E-state index >= 15 is 0 Å². The van der Waals surface area contributed by atoms with Crippen LogP contribution in [0.4, 0.5) is 0 Å². The third kappa shape index (κ3) is 4.69. The average molecular weight is 398 g/mol. The van der Waals surface area contributed by atoms with Crippen LogP contribution in [0.3, 0.4) is 0 Å². The number of aromatic nitrogens is 3. The Bertz CT molecular complexity index is 1070. The van der Waals surface area contributed by atoms with Gasteiger partial charge in [0.15, 0.2) is 0 Å². The number of amides is 1. The molecule has 0 unspecified atom stereocenters. The maximum absolute atomic E-state index is 12.7. The number of nitrogens with zero attached hydrogens (tertiary/aromatic N) is 2. The number of carbonyl (C=O) groups is 2. The Balaban J connectivity index is 1.81. The van der Waals surface area contributed by atoms with Crippen molar-refractivity contribution in [3.8, 4) is 0 Å². The minimum atomic E-state index is -0.909. The lowest BCUT2D eigenvalue weighted by Gasteiger charge is -2.16. The van der Waals surface area contributed by atoms with Gasteiger partial charge in [-0.25, -0.2) is 9.48 Å². The minimum absolute atomic E-state index is 0.0218. The Morgan fingerprint density at radius 3 is 2.76 bits per heavy atom. The monoisotopic (exact) mass is 398 g/mol. The third-order valence-electron chi connectivity index (χ3n) is 4.50. The van der Waals surface area contributed by atoms with Gasteiger partial charge in [-0.05, 0) is 17.7 Å². The molecule has 1 amide bonds. The minimum Gasteiger partial charge on any atom is -0.467 e. The van der Waals surface area contributed by atoms with E-state index in [9.17, 15) is 14.4 Å². The molecule has 2 heterocycles. The second-order valence-electron chi connectivity index (χ2n) is 6.39. The fourth-order valence-electron chi connectivity index (χ4n) is 3.00. The first kappa shape index (κ1) is 20.3. The first-order valence-electron chi connectivity index (χ1n) is 9.04. The van der Waals surface area contributed by atoms with Crippen molar-refractivity contribution in [2.75, 3.05) is 20.8 Å². The maximum atomic E-state index is 12.7. The van der Waals surface area contributed by atoms with Crippen LogP contribution < -0.4 is 10.9 Å². The Hall–Kier alpha value is -3.46. The van der Waals surface area contributed by atoms with E-state index in [1.165, 1.54) is 26.4 Å². The Morgan fingerprint density at radius 2 is 2.00 bits per heavy atom. The first-order chi connectivity index (χ1) is 14.0. The number of aromatic amines is 1. The van der Waals surface area contributed by atoms with E-state index in [4.69, 9.17) is 9.47 Å². The molecule has 1 atom stereocenters. The van der Waals surface area contributed by atoms with Crippen LogP contribution in [-0.2, 0) is 27.2 Å². The van der Waals surface area contributed by atoms with Gasteiger partial charge in [-0.3, -0.25) is 9.59 Å². The van der Waals surface area contributed by atoms with Gasteiger partial charge >= 0.3 is 5.97 Å². The van der Waals surface area contributed by atoms with Gasteiger partial charge in [0.2, 0.25) is 0 Å². The second-order valence-corrected chi connectivity index (χ2v) is 6.39. The summed E-state index contributed by atoms with van der Waals surface area (Å²) in [5.41, 5.74) is 1.48. The highest BCUT2D eigenvalue weighted by atomic mass is 16.5. The van der Waals surface area contributed by atoms with Crippen molar-refractivity contribution >= 4 is 22.8 Å². The number of para-hydroxylation sites is 1. The molecule has 0 fully saturated rings. The predicted molar refractivity (Wildman–Crippen MR) is 106 cm³/mol. The number of rotatable bonds is 8. The predicted octanol–water partition coefficient (Wildman–Crippen LogP) is 0.885. The molecule has 0 saturated carbocycles. The summed E-state index contributed by atoms with van der Waals surface area (Å²) in [6.07, 6.45) is 2.04. The van der Waals surface area contributed by atoms with Gasteiger partial charge in [0.1, 0.15) is 11.7 Å². The summed E-state index contributed by atoms with van der Waals surface area (Å²) in [4.78, 5) is 39.9. The molecule has 9 nitrogen and oxygen atoms in total. The van der Waals surface area contributed by atoms with Crippen LogP contribution in [0.15, 0.2) is 47.4 Å². The molecule has 0 aliphatic carbocycles. The van der Waals surface area contributed by atoms with Gasteiger partial charge in [-0.2, -0.15) is 5.10 Å². The maximum Gasteiger partial charge on any atom is 0.328 e. The lowest BCUT2D eigenvalue weighted by Crippen LogP contribution is -2.43. The topological polar surface area (TPSA) is 115 Å². The first-order valence-corrected chi connectivity index (χ1v) is 9.04. The zero-order chi connectivity index (χ0) is 20.8. The number of hydrogen-bond acceptors (Lipinski definition) is 6. The van der Waals surface area contributed by atoms with Gasteiger partial charge in [0, 0.05) is 36.7 Å². The number of benzene rings is 1. The highest BCUT2D eigenvalue weighted by Crippen LogP contribution is 2.19. The van der Waals surface area contributed by atoms with Crippen molar-refractivity contribution in [1.82, 2.24) is 20.1 Å². The van der Waals surface area contributed by atoms with Crippen molar-refractivity contribution in [3.63, 3.8) is 0 Å². The van der Waals surface area contributed by atoms with Gasteiger partial charge in [-0.1, -0.05) is 18.2 Å². The van der Waals surface area contributed by atoms with E-state index in [1.54, 1.807) is 6.20 Å². The summed E-state index contributed by atoms with van der Waals surface area (Å²) in [6, 6.07) is 9.34. The fourth-order valence-corrected chi connectivity index (χ4v) is 3.00. The lowest BCUT2D eigenvalue weighted by atomic mass is 10.0. The van der Waals surface area contributed by atoms with Crippen LogP contribution >= 0.6 is 0 Å². The van der Waals surface area contributed by atoms with E-state index in [2.05, 4.69) is 15.4 Å². The van der Waals surface area contributed by atoms with E-state index in [0.29, 0.717) is 0 Å². The lowest BCUT2D eigenvalue weighted by molar-refractivity contribution is -0.142. The van der Waals surface area contributed by atoms with E-state index < -0.39 is 17.9 Å². The normalized spacial score (nSPS) is 11.9. The smallest absolute Gasteiger partial charge is 0.328 e. The Morgan fingerprint density at radius 1 is 1.21 bits per heavy atom. The zero-order valence-electron chi connectivity index (χ0n) is 16.2. The molecule has 29 heavy (non-hydrogen) atoms. The largest absolute Gasteiger partial charge is 0.467 e. The number of hydrogen-bond donors (Lipinski definition) is 2. The summed E-state index contributed by atoms with van der Waals surface area (Å²) in [7, 11) is 2.77. The van der Waals surface area contributed by atoms with Gasteiger partial charge in [-0.15, -0.1) is 0 Å². The van der Waals surface area contributed by atoms with Crippen LogP contribution in [0.25, 0.3) is 10.9 Å². The van der Waals surface area contributed by atoms with E-state index in [0.717, 1.165) is 21.1 Å². The number of esters is 1. The molecule has 0 aliphatic heterocycles. The Labute approximate surface area is 166 Å². The highest BCUT2D eigenvalue weighted by Gasteiger charge is 2.24. The number of carbonyl (C=O) groups excluding carboxylic acids is 2. The van der Waals surface area contributed by atoms with Gasteiger partial charge in [0.05, 0.1) is 20.3 Å². The molecule has 3 rings (SSSR count). The molecule has 2 N–H and O–H groups in total. The number of methoxy groups -OCH3 is 2. The molecule has 0 radical (unpaired) electrons. The third-order valence-corrected chi connectivity index (χ3v) is 4.50. The second kappa shape index (κ2) is 9.16. The Kier molecular flexibility index (Phi) is 6.40. The molecule has 1 aromatic carbocycles. The van der Waals surface area contributed by atoms with Crippen molar-refractivity contribution in [3.05, 3.63) is 64.2 Å². The number of H-pyrrole nitrogens is 1. The summed E-state index contributed by atoms with van der Waals surface area (Å²) in [6.45, 7) is 0.496. The molecular weight excluding hydrogens is 376 g/mol. The quantitative estimate of drug-likeness (QED) is 0.545. The molecule has 0 aliphatic rings. The summed E-state index contributed by atoms with van der Waals surface area (Å²) in [5.74, 6) is -1.15. The average Bonchev–Trinajstić information content (AvgIpc) is 3.15. The van der Waals surface area contributed by atoms with E-state index in [1.807, 2.05) is 24.3 Å². The molecular formula is C20H22N4O5. The number of nitrogens with one attached hydrogen (secondary N) is 2. The number of ether oxygens (including phenoxy) is 2. The SMILES string of the molecule is COCCn1nc(C(=O)N[C@@H](Cc2c[nH]c3ccccc23)C(=O)OC)ccc1=O. The molecule has 0 saturated heterocycles. The van der Waals surface area contributed by atoms with Crippen molar-refractivity contribution in [1.29, 1.82) is 0 Å². The molecule has 0 bridgehead atoms. The summed E-state index contributed by atoms with van der Waals surface area (Å²) in [5, 5.41) is 7.66. The molecule has 0 spiro atoms. The standard InChI is InChI=1S/C20H22N4O5/c1-28-10-9-24-18(25)8-7-16(23-24)19(26)22-17(20(27)29-2)11-13-12-21-15-6-4-3-5-14(13)15/h3-8,12,17,21H,9-11H2,1-2H3,(H,22,26)/t17-/m0/s1. The van der Waals surface area contributed by atoms with E-state index in [-0.39, 0.29) is 30.8 Å². The van der Waals surface area contributed by atoms with Crippen LogP contribution in [-0.4, -0.2) is 53.5 Å². The molecule has 9 heteroatoms. The zero-order valence-corrected chi connectivity index (χ0v) is 16.2. The van der Waals surface area contributed by atoms with Crippen molar-refractivity contribution in [2.24, 2.45) is 0 Å². The molecule has 2 aromatic heterocycles. The van der Waals surface area contributed by atoms with Gasteiger partial charge < -0.3 is 19.8 Å². The summed E-state index contributed by atoms with van der Waals surface area (Å²) >= 11 is 0. The summed E-state index contributed by atoms with van der Waals surface area (Å²) < 4.78 is 10.9.